The quantitative estimate of drug-likeness (QED) is 0.759. The van der Waals surface area contributed by atoms with Crippen molar-refractivity contribution in [2.24, 2.45) is 0 Å². The number of nitrogens with two attached hydrogens (primary N) is 1. The average molecular weight is 329 g/mol. The number of anilines is 1. The molecule has 1 aromatic carbocycles. The Labute approximate surface area is 136 Å². The highest BCUT2D eigenvalue weighted by Crippen LogP contribution is 2.34. The van der Waals surface area contributed by atoms with Gasteiger partial charge in [-0.3, -0.25) is 4.57 Å². The first kappa shape index (κ1) is 15.0. The maximum Gasteiger partial charge on any atom is 0.222 e. The molecule has 24 heavy (non-hydrogen) atoms. The highest BCUT2D eigenvalue weighted by Gasteiger charge is 2.37. The third-order valence-electron chi connectivity index (χ3n) is 4.09. The maximum absolute atomic E-state index is 14.3. The highest BCUT2D eigenvalue weighted by molar-refractivity contribution is 5.88. The van der Waals surface area contributed by atoms with Crippen molar-refractivity contribution in [1.29, 1.82) is 0 Å². The van der Waals surface area contributed by atoms with Gasteiger partial charge in [-0.25, -0.2) is 14.4 Å². The molecule has 124 valence electrons. The number of hydrogen-bond donors (Lipinski definition) is 2. The Kier molecular flexibility index (Phi) is 3.62. The van der Waals surface area contributed by atoms with Gasteiger partial charge >= 0.3 is 0 Å². The number of imidazole rings is 1. The molecular formula is C16H16FN5O2. The lowest BCUT2D eigenvalue weighted by atomic mass is 10.1. The summed E-state index contributed by atoms with van der Waals surface area (Å²) in [5, 5.41) is 9.19. The molecule has 3 atom stereocenters. The van der Waals surface area contributed by atoms with Crippen LogP contribution >= 0.6 is 0 Å². The lowest BCUT2D eigenvalue weighted by Crippen LogP contribution is -2.17. The Morgan fingerprint density at radius 2 is 2.08 bits per heavy atom. The molecule has 0 bridgehead atoms. The van der Waals surface area contributed by atoms with Crippen molar-refractivity contribution in [3.05, 3.63) is 36.7 Å². The fourth-order valence-corrected chi connectivity index (χ4v) is 2.98. The van der Waals surface area contributed by atoms with Crippen molar-refractivity contribution in [1.82, 2.24) is 19.5 Å². The molecule has 3 heterocycles. The molecule has 0 spiro atoms. The molecule has 8 heteroatoms. The van der Waals surface area contributed by atoms with Crippen LogP contribution in [0.2, 0.25) is 0 Å². The number of rotatable bonds is 3. The van der Waals surface area contributed by atoms with Crippen LogP contribution in [0.25, 0.3) is 22.4 Å². The van der Waals surface area contributed by atoms with E-state index in [2.05, 4.69) is 15.0 Å². The molecule has 7 nitrogen and oxygen atoms in total. The molecule has 1 aliphatic heterocycles. The van der Waals surface area contributed by atoms with Gasteiger partial charge in [-0.2, -0.15) is 4.98 Å². The first-order chi connectivity index (χ1) is 11.7. The van der Waals surface area contributed by atoms with E-state index in [1.54, 1.807) is 0 Å². The van der Waals surface area contributed by atoms with Crippen LogP contribution in [0.15, 0.2) is 36.7 Å². The second-order valence-electron chi connectivity index (χ2n) is 5.70. The number of alkyl halides is 1. The minimum Gasteiger partial charge on any atom is -0.394 e. The van der Waals surface area contributed by atoms with E-state index >= 15 is 0 Å². The van der Waals surface area contributed by atoms with Crippen LogP contribution in [-0.2, 0) is 4.74 Å². The van der Waals surface area contributed by atoms with Crippen LogP contribution in [0.3, 0.4) is 0 Å². The molecule has 3 aromatic rings. The summed E-state index contributed by atoms with van der Waals surface area (Å²) in [7, 11) is 0. The molecule has 0 amide bonds. The van der Waals surface area contributed by atoms with Gasteiger partial charge in [0.25, 0.3) is 0 Å². The molecule has 2 aromatic heterocycles. The third kappa shape index (κ3) is 2.40. The summed E-state index contributed by atoms with van der Waals surface area (Å²) in [5.74, 6) is 0.0789. The second kappa shape index (κ2) is 5.81. The summed E-state index contributed by atoms with van der Waals surface area (Å²) in [5.41, 5.74) is 8.21. The van der Waals surface area contributed by atoms with E-state index in [4.69, 9.17) is 10.5 Å². The van der Waals surface area contributed by atoms with Gasteiger partial charge in [-0.05, 0) is 0 Å². The zero-order chi connectivity index (χ0) is 16.7. The van der Waals surface area contributed by atoms with Crippen molar-refractivity contribution in [3.8, 4) is 11.3 Å². The lowest BCUT2D eigenvalue weighted by Gasteiger charge is -2.15. The van der Waals surface area contributed by atoms with E-state index in [1.165, 1.54) is 10.9 Å². The number of benzene rings is 1. The van der Waals surface area contributed by atoms with Gasteiger partial charge in [0.05, 0.1) is 19.0 Å². The Balaban J connectivity index is 1.84. The minimum absolute atomic E-state index is 0.0789. The van der Waals surface area contributed by atoms with Crippen LogP contribution in [0.1, 0.15) is 12.6 Å². The van der Waals surface area contributed by atoms with Crippen molar-refractivity contribution >= 4 is 17.1 Å². The van der Waals surface area contributed by atoms with Gasteiger partial charge in [0.15, 0.2) is 11.9 Å². The average Bonchev–Trinajstić information content (AvgIpc) is 3.17. The molecule has 0 radical (unpaired) electrons. The number of aliphatic hydroxyl groups excluding tert-OH is 1. The predicted octanol–water partition coefficient (Wildman–Crippen LogP) is 1.69. The molecule has 1 aliphatic rings. The van der Waals surface area contributed by atoms with E-state index in [1.807, 2.05) is 30.3 Å². The van der Waals surface area contributed by atoms with Crippen LogP contribution in [0.4, 0.5) is 10.3 Å². The maximum atomic E-state index is 14.3. The summed E-state index contributed by atoms with van der Waals surface area (Å²) in [6, 6.07) is 9.47. The topological polar surface area (TPSA) is 99.1 Å². The summed E-state index contributed by atoms with van der Waals surface area (Å²) >= 11 is 0. The molecule has 4 rings (SSSR count). The number of nitrogens with zero attached hydrogens (tertiary/aromatic N) is 4. The van der Waals surface area contributed by atoms with Crippen molar-refractivity contribution in [2.45, 2.75) is 24.9 Å². The molecule has 0 unspecified atom stereocenters. The molecule has 1 saturated heterocycles. The van der Waals surface area contributed by atoms with Gasteiger partial charge in [0, 0.05) is 12.0 Å². The van der Waals surface area contributed by atoms with Crippen molar-refractivity contribution in [3.63, 3.8) is 0 Å². The smallest absolute Gasteiger partial charge is 0.222 e. The third-order valence-corrected chi connectivity index (χ3v) is 4.09. The molecule has 0 saturated carbocycles. The van der Waals surface area contributed by atoms with Crippen LogP contribution < -0.4 is 5.73 Å². The van der Waals surface area contributed by atoms with E-state index in [-0.39, 0.29) is 19.0 Å². The van der Waals surface area contributed by atoms with Gasteiger partial charge in [0.2, 0.25) is 5.95 Å². The Hall–Kier alpha value is -2.58. The fraction of sp³-hybridized carbons (Fsp3) is 0.312. The SMILES string of the molecule is Nc1nc(-c2ccccc2)c2ncn([C@@H]3O[C@H](CO)C[C@H]3F)c2n1. The number of nitrogen functional groups attached to an aromatic ring is 1. The molecule has 0 aliphatic carbocycles. The first-order valence-corrected chi connectivity index (χ1v) is 7.63. The van der Waals surface area contributed by atoms with Crippen LogP contribution in [0, 0.1) is 0 Å². The van der Waals surface area contributed by atoms with Gasteiger partial charge in [0.1, 0.15) is 17.4 Å². The van der Waals surface area contributed by atoms with E-state index < -0.39 is 18.5 Å². The van der Waals surface area contributed by atoms with Gasteiger partial charge < -0.3 is 15.6 Å². The molecular weight excluding hydrogens is 313 g/mol. The summed E-state index contributed by atoms with van der Waals surface area (Å²) in [6.07, 6.45) is -1.06. The molecule has 3 N–H and O–H groups in total. The molecule has 1 fully saturated rings. The van der Waals surface area contributed by atoms with E-state index in [9.17, 15) is 9.50 Å². The standard InChI is InChI=1S/C16H16FN5O2/c17-11-6-10(7-23)24-15(11)22-8-19-13-12(9-4-2-1-3-5-9)20-16(18)21-14(13)22/h1-5,8,10-11,15,23H,6-7H2,(H2,18,20,21)/t10-,11+,15+/m0/s1. The monoisotopic (exact) mass is 329 g/mol. The van der Waals surface area contributed by atoms with Crippen molar-refractivity contribution in [2.75, 3.05) is 12.3 Å². The number of hydrogen-bond acceptors (Lipinski definition) is 6. The number of halogens is 1. The van der Waals surface area contributed by atoms with E-state index in [0.717, 1.165) is 5.56 Å². The Morgan fingerprint density at radius 1 is 1.29 bits per heavy atom. The predicted molar refractivity (Wildman–Crippen MR) is 85.7 cm³/mol. The van der Waals surface area contributed by atoms with Crippen LogP contribution in [-0.4, -0.2) is 43.5 Å². The summed E-state index contributed by atoms with van der Waals surface area (Å²) in [6.45, 7) is -0.226. The lowest BCUT2D eigenvalue weighted by molar-refractivity contribution is -0.0351. The zero-order valence-corrected chi connectivity index (χ0v) is 12.7. The van der Waals surface area contributed by atoms with Gasteiger partial charge in [-0.1, -0.05) is 30.3 Å². The number of aromatic nitrogens is 4. The summed E-state index contributed by atoms with van der Waals surface area (Å²) in [4.78, 5) is 12.8. The minimum atomic E-state index is -1.25. The normalized spacial score (nSPS) is 23.8. The second-order valence-corrected chi connectivity index (χ2v) is 5.70. The summed E-state index contributed by atoms with van der Waals surface area (Å²) < 4.78 is 21.4. The number of fused-ring (bicyclic) bond motifs is 1. The first-order valence-electron chi connectivity index (χ1n) is 7.63. The van der Waals surface area contributed by atoms with E-state index in [0.29, 0.717) is 16.9 Å². The number of ether oxygens (including phenoxy) is 1. The number of aliphatic hydroxyl groups is 1. The largest absolute Gasteiger partial charge is 0.394 e. The fourth-order valence-electron chi connectivity index (χ4n) is 2.98. The van der Waals surface area contributed by atoms with Crippen molar-refractivity contribution < 1.29 is 14.2 Å². The van der Waals surface area contributed by atoms with Crippen LogP contribution in [0.5, 0.6) is 0 Å². The Bertz CT molecular complexity index is 870. The highest BCUT2D eigenvalue weighted by atomic mass is 19.1. The van der Waals surface area contributed by atoms with Gasteiger partial charge in [-0.15, -0.1) is 0 Å². The Morgan fingerprint density at radius 3 is 2.79 bits per heavy atom. The zero-order valence-electron chi connectivity index (χ0n) is 12.7.